The number of nitrogens with zero attached hydrogens (tertiary/aromatic N) is 3. The molecule has 0 aliphatic carbocycles. The van der Waals surface area contributed by atoms with E-state index in [0.717, 1.165) is 65.6 Å². The molecule has 0 fully saturated rings. The summed E-state index contributed by atoms with van der Waals surface area (Å²) in [6, 6.07) is 60.4. The molecular formula is C51H27N3O2. The van der Waals surface area contributed by atoms with Gasteiger partial charge in [0.05, 0.1) is 27.6 Å². The zero-order chi connectivity index (χ0) is 36.6. The van der Waals surface area contributed by atoms with Crippen molar-refractivity contribution in [3.8, 4) is 17.4 Å². The second kappa shape index (κ2) is 10.7. The predicted octanol–water partition coefficient (Wildman–Crippen LogP) is 13.9. The fraction of sp³-hybridized carbons (Fsp3) is 0. The summed E-state index contributed by atoms with van der Waals surface area (Å²) in [7, 11) is 0. The molecule has 0 aliphatic heterocycles. The summed E-state index contributed by atoms with van der Waals surface area (Å²) >= 11 is 0. The van der Waals surface area contributed by atoms with E-state index in [4.69, 9.17) is 8.83 Å². The van der Waals surface area contributed by atoms with Gasteiger partial charge in [-0.05, 0) is 94.3 Å². The van der Waals surface area contributed by atoms with E-state index in [1.165, 1.54) is 43.6 Å². The number of fused-ring (bicyclic) bond motifs is 14. The SMILES string of the molecule is N#Cc1c2c(cc3oc4cc5cc(-n6c7ccccc7c7ccccc76)ccc5cc4c13)oc1cc3cc(-n4c5ccccc5c5ccccc54)ccc3cc12. The standard InChI is InChI=1S/C51H27N3O2/c52-28-41-50-39-23-29-17-19-33(53-42-13-5-1-9-35(42)36-10-2-6-14-43(36)53)21-31(29)25-46(39)55-48(50)27-49-51(41)40-24-30-18-20-34(22-32(30)26-47(40)56-49)54-44-15-7-3-11-37(44)38-12-4-8-16-45(38)54/h1-27H. The van der Waals surface area contributed by atoms with Crippen molar-refractivity contribution in [2.45, 2.75) is 0 Å². The van der Waals surface area contributed by atoms with Crippen LogP contribution in [0.15, 0.2) is 173 Å². The Kier molecular flexibility index (Phi) is 5.64. The molecule has 0 bridgehead atoms. The van der Waals surface area contributed by atoms with Gasteiger partial charge in [0.1, 0.15) is 28.4 Å². The first-order valence-corrected chi connectivity index (χ1v) is 18.8. The van der Waals surface area contributed by atoms with Crippen LogP contribution in [-0.4, -0.2) is 9.13 Å². The van der Waals surface area contributed by atoms with Crippen LogP contribution in [-0.2, 0) is 0 Å². The summed E-state index contributed by atoms with van der Waals surface area (Å²) in [6.45, 7) is 0. The van der Waals surface area contributed by atoms with Crippen LogP contribution in [0.25, 0.3) is 120 Å². The molecule has 13 aromatic rings. The molecule has 13 rings (SSSR count). The molecule has 0 unspecified atom stereocenters. The van der Waals surface area contributed by atoms with Gasteiger partial charge in [-0.25, -0.2) is 0 Å². The molecule has 56 heavy (non-hydrogen) atoms. The van der Waals surface area contributed by atoms with Gasteiger partial charge in [0.2, 0.25) is 0 Å². The minimum absolute atomic E-state index is 0.567. The number of nitriles is 1. The Balaban J connectivity index is 0.986. The third-order valence-electron chi connectivity index (χ3n) is 11.9. The topological polar surface area (TPSA) is 59.9 Å². The third-order valence-corrected chi connectivity index (χ3v) is 11.9. The molecule has 0 saturated carbocycles. The molecule has 0 aliphatic rings. The van der Waals surface area contributed by atoms with Crippen LogP contribution >= 0.6 is 0 Å². The largest absolute Gasteiger partial charge is 0.456 e. The number of rotatable bonds is 2. The van der Waals surface area contributed by atoms with Gasteiger partial charge >= 0.3 is 0 Å². The van der Waals surface area contributed by atoms with E-state index in [0.29, 0.717) is 16.7 Å². The zero-order valence-electron chi connectivity index (χ0n) is 29.7. The van der Waals surface area contributed by atoms with Gasteiger partial charge in [-0.1, -0.05) is 84.9 Å². The van der Waals surface area contributed by atoms with Crippen LogP contribution in [0.2, 0.25) is 0 Å². The van der Waals surface area contributed by atoms with Crippen molar-refractivity contribution in [3.05, 3.63) is 169 Å². The van der Waals surface area contributed by atoms with E-state index in [1.54, 1.807) is 0 Å². The fourth-order valence-electron chi connectivity index (χ4n) is 9.45. The summed E-state index contributed by atoms with van der Waals surface area (Å²) in [5.74, 6) is 0. The minimum Gasteiger partial charge on any atom is -0.456 e. The number of furan rings is 2. The highest BCUT2D eigenvalue weighted by Gasteiger charge is 2.22. The highest BCUT2D eigenvalue weighted by molar-refractivity contribution is 6.22. The average molecular weight is 714 g/mol. The van der Waals surface area contributed by atoms with E-state index >= 15 is 0 Å². The monoisotopic (exact) mass is 713 g/mol. The van der Waals surface area contributed by atoms with Crippen LogP contribution in [0, 0.1) is 11.3 Å². The van der Waals surface area contributed by atoms with Crippen LogP contribution in [0.4, 0.5) is 0 Å². The average Bonchev–Trinajstić information content (AvgIpc) is 3.98. The van der Waals surface area contributed by atoms with Gasteiger partial charge in [0.15, 0.2) is 0 Å². The van der Waals surface area contributed by atoms with Gasteiger partial charge in [-0.3, -0.25) is 0 Å². The number of hydrogen-bond acceptors (Lipinski definition) is 3. The molecule has 0 radical (unpaired) electrons. The predicted molar refractivity (Wildman–Crippen MR) is 229 cm³/mol. The van der Waals surface area contributed by atoms with Gasteiger partial charge in [0, 0.05) is 60.5 Å². The number of aromatic nitrogens is 2. The van der Waals surface area contributed by atoms with Crippen LogP contribution in [0.3, 0.4) is 0 Å². The molecule has 0 saturated heterocycles. The fourth-order valence-corrected chi connectivity index (χ4v) is 9.45. The third kappa shape index (κ3) is 3.87. The Morgan fingerprint density at radius 3 is 1.14 bits per heavy atom. The Bertz CT molecular complexity index is 3550. The molecule has 0 spiro atoms. The minimum atomic E-state index is 0.567. The summed E-state index contributed by atoms with van der Waals surface area (Å²) in [5.41, 5.74) is 10.2. The molecular weight excluding hydrogens is 687 g/mol. The molecule has 5 nitrogen and oxygen atoms in total. The summed E-state index contributed by atoms with van der Waals surface area (Å²) < 4.78 is 17.8. The molecule has 0 N–H and O–H groups in total. The number of benzene rings is 9. The first-order chi connectivity index (χ1) is 27.7. The van der Waals surface area contributed by atoms with E-state index in [-0.39, 0.29) is 0 Å². The molecule has 0 amide bonds. The van der Waals surface area contributed by atoms with Crippen LogP contribution in [0.5, 0.6) is 0 Å². The molecule has 5 heteroatoms. The maximum absolute atomic E-state index is 10.8. The Hall–Kier alpha value is -7.81. The molecule has 9 aromatic carbocycles. The quantitative estimate of drug-likeness (QED) is 0.179. The zero-order valence-corrected chi connectivity index (χ0v) is 29.7. The molecule has 0 atom stereocenters. The normalized spacial score (nSPS) is 12.3. The van der Waals surface area contributed by atoms with Gasteiger partial charge in [-0.15, -0.1) is 0 Å². The lowest BCUT2D eigenvalue weighted by molar-refractivity contribution is 0.656. The van der Waals surface area contributed by atoms with Gasteiger partial charge in [0.25, 0.3) is 0 Å². The van der Waals surface area contributed by atoms with Crippen LogP contribution < -0.4 is 0 Å². The maximum Gasteiger partial charge on any atom is 0.140 e. The number of hydrogen-bond donors (Lipinski definition) is 0. The maximum atomic E-state index is 10.8. The van der Waals surface area contributed by atoms with Gasteiger partial charge in [-0.2, -0.15) is 5.26 Å². The van der Waals surface area contributed by atoms with Crippen molar-refractivity contribution in [1.29, 1.82) is 5.26 Å². The highest BCUT2D eigenvalue weighted by Crippen LogP contribution is 2.43. The summed E-state index contributed by atoms with van der Waals surface area (Å²) in [6.07, 6.45) is 0. The van der Waals surface area contributed by atoms with Gasteiger partial charge < -0.3 is 18.0 Å². The first-order valence-electron chi connectivity index (χ1n) is 18.8. The van der Waals surface area contributed by atoms with E-state index in [2.05, 4.69) is 173 Å². The van der Waals surface area contributed by atoms with Crippen molar-refractivity contribution in [3.63, 3.8) is 0 Å². The second-order valence-corrected chi connectivity index (χ2v) is 14.8. The van der Waals surface area contributed by atoms with Crippen molar-refractivity contribution in [2.24, 2.45) is 0 Å². The van der Waals surface area contributed by atoms with E-state index < -0.39 is 0 Å². The lowest BCUT2D eigenvalue weighted by Gasteiger charge is -2.09. The van der Waals surface area contributed by atoms with Crippen molar-refractivity contribution >= 4 is 109 Å². The Morgan fingerprint density at radius 1 is 0.357 bits per heavy atom. The lowest BCUT2D eigenvalue weighted by atomic mass is 9.98. The molecule has 4 heterocycles. The van der Waals surface area contributed by atoms with E-state index in [9.17, 15) is 5.26 Å². The summed E-state index contributed by atoms with van der Waals surface area (Å²) in [4.78, 5) is 0. The van der Waals surface area contributed by atoms with Crippen molar-refractivity contribution < 1.29 is 8.83 Å². The first kappa shape index (κ1) is 29.6. The molecule has 4 aromatic heterocycles. The Morgan fingerprint density at radius 2 is 0.750 bits per heavy atom. The van der Waals surface area contributed by atoms with Crippen molar-refractivity contribution in [1.82, 2.24) is 9.13 Å². The number of para-hydroxylation sites is 4. The lowest BCUT2D eigenvalue weighted by Crippen LogP contribution is -1.93. The van der Waals surface area contributed by atoms with Crippen LogP contribution in [0.1, 0.15) is 5.56 Å². The Labute approximate surface area is 318 Å². The highest BCUT2D eigenvalue weighted by atomic mass is 16.3. The van der Waals surface area contributed by atoms with Crippen molar-refractivity contribution in [2.75, 3.05) is 0 Å². The smallest absolute Gasteiger partial charge is 0.140 e. The summed E-state index contributed by atoms with van der Waals surface area (Å²) in [5, 5.41) is 23.5. The second-order valence-electron chi connectivity index (χ2n) is 14.8. The van der Waals surface area contributed by atoms with E-state index in [1.807, 2.05) is 6.07 Å². The molecule has 258 valence electrons.